The SMILES string of the molecule is C=CCC(=NCCNC(=O)c1ccc(OC)cc1)NS(=O)(=O)CC=C.CC. The van der Waals surface area contributed by atoms with Gasteiger partial charge in [-0.3, -0.25) is 14.5 Å². The first-order chi connectivity index (χ1) is 12.9. The summed E-state index contributed by atoms with van der Waals surface area (Å²) in [4.78, 5) is 16.1. The molecule has 0 aliphatic carbocycles. The van der Waals surface area contributed by atoms with Gasteiger partial charge in [0.15, 0.2) is 0 Å². The van der Waals surface area contributed by atoms with Crippen LogP contribution in [0.4, 0.5) is 0 Å². The fourth-order valence-electron chi connectivity index (χ4n) is 1.86. The number of amidine groups is 1. The van der Waals surface area contributed by atoms with Gasteiger partial charge < -0.3 is 10.1 Å². The zero-order chi connectivity index (χ0) is 20.7. The highest BCUT2D eigenvalue weighted by Crippen LogP contribution is 2.10. The van der Waals surface area contributed by atoms with Gasteiger partial charge in [0.25, 0.3) is 5.91 Å². The minimum atomic E-state index is -3.50. The Balaban J connectivity index is 0.00000326. The number of sulfonamides is 1. The second-order valence-electron chi connectivity index (χ2n) is 4.98. The Morgan fingerprint density at radius 2 is 1.81 bits per heavy atom. The van der Waals surface area contributed by atoms with E-state index in [0.717, 1.165) is 0 Å². The van der Waals surface area contributed by atoms with Gasteiger partial charge >= 0.3 is 0 Å². The molecular weight excluding hydrogens is 366 g/mol. The fraction of sp³-hybridized carbons (Fsp3) is 0.368. The summed E-state index contributed by atoms with van der Waals surface area (Å²) in [5.74, 6) is 0.505. The summed E-state index contributed by atoms with van der Waals surface area (Å²) in [7, 11) is -1.95. The average molecular weight is 396 g/mol. The molecule has 0 saturated heterocycles. The minimum absolute atomic E-state index is 0.197. The zero-order valence-electron chi connectivity index (χ0n) is 16.2. The van der Waals surface area contributed by atoms with Crippen molar-refractivity contribution in [3.05, 3.63) is 55.1 Å². The number of methoxy groups -OCH3 is 1. The number of carbonyl (C=O) groups is 1. The molecule has 1 amide bonds. The van der Waals surface area contributed by atoms with Crippen LogP contribution in [-0.4, -0.2) is 46.1 Å². The monoisotopic (exact) mass is 395 g/mol. The van der Waals surface area contributed by atoms with Crippen LogP contribution in [0.25, 0.3) is 0 Å². The van der Waals surface area contributed by atoms with Gasteiger partial charge in [0, 0.05) is 18.5 Å². The van der Waals surface area contributed by atoms with E-state index in [1.165, 1.54) is 6.08 Å². The highest BCUT2D eigenvalue weighted by molar-refractivity contribution is 7.90. The van der Waals surface area contributed by atoms with Crippen molar-refractivity contribution < 1.29 is 17.9 Å². The quantitative estimate of drug-likeness (QED) is 0.275. The molecule has 0 radical (unpaired) electrons. The predicted molar refractivity (Wildman–Crippen MR) is 111 cm³/mol. The first kappa shape index (κ1) is 24.4. The van der Waals surface area contributed by atoms with E-state index in [0.29, 0.717) is 11.3 Å². The number of ether oxygens (including phenoxy) is 1. The van der Waals surface area contributed by atoms with E-state index < -0.39 is 10.0 Å². The maximum Gasteiger partial charge on any atom is 0.251 e. The summed E-state index contributed by atoms with van der Waals surface area (Å²) in [6.07, 6.45) is 3.12. The van der Waals surface area contributed by atoms with Crippen LogP contribution in [0.1, 0.15) is 30.6 Å². The molecular formula is C19H29N3O4S. The molecule has 0 atom stereocenters. The van der Waals surface area contributed by atoms with Crippen molar-refractivity contribution >= 4 is 21.8 Å². The molecule has 1 aromatic rings. The Morgan fingerprint density at radius 1 is 1.19 bits per heavy atom. The lowest BCUT2D eigenvalue weighted by Gasteiger charge is -2.09. The second-order valence-corrected chi connectivity index (χ2v) is 6.74. The third kappa shape index (κ3) is 10.2. The lowest BCUT2D eigenvalue weighted by atomic mass is 10.2. The molecule has 7 nitrogen and oxygen atoms in total. The molecule has 1 rings (SSSR count). The van der Waals surface area contributed by atoms with Crippen LogP contribution in [0.15, 0.2) is 54.6 Å². The molecule has 0 heterocycles. The normalized spacial score (nSPS) is 10.9. The molecule has 27 heavy (non-hydrogen) atoms. The topological polar surface area (TPSA) is 96.9 Å². The van der Waals surface area contributed by atoms with Crippen molar-refractivity contribution in [2.45, 2.75) is 20.3 Å². The molecule has 0 aliphatic rings. The number of nitrogens with zero attached hydrogens (tertiary/aromatic N) is 1. The Morgan fingerprint density at radius 3 is 2.33 bits per heavy atom. The van der Waals surface area contributed by atoms with Crippen LogP contribution in [0.5, 0.6) is 5.75 Å². The standard InChI is InChI=1S/C17H23N3O4S.C2H6/c1-4-6-16(20-25(22,23)13-5-2)18-11-12-19-17(21)14-7-9-15(24-3)10-8-14;1-2/h4-5,7-10H,1-2,6,11-13H2,3H3,(H,18,20)(H,19,21);1-2H3. The van der Waals surface area contributed by atoms with Crippen LogP contribution in [0.2, 0.25) is 0 Å². The van der Waals surface area contributed by atoms with E-state index in [-0.39, 0.29) is 37.0 Å². The highest BCUT2D eigenvalue weighted by atomic mass is 32.2. The largest absolute Gasteiger partial charge is 0.497 e. The van der Waals surface area contributed by atoms with E-state index in [2.05, 4.69) is 28.2 Å². The lowest BCUT2D eigenvalue weighted by Crippen LogP contribution is -2.33. The van der Waals surface area contributed by atoms with E-state index >= 15 is 0 Å². The molecule has 0 saturated carbocycles. The van der Waals surface area contributed by atoms with Crippen molar-refractivity contribution in [3.63, 3.8) is 0 Å². The van der Waals surface area contributed by atoms with Crippen molar-refractivity contribution in [1.82, 2.24) is 10.0 Å². The van der Waals surface area contributed by atoms with Gasteiger partial charge in [0.1, 0.15) is 11.6 Å². The van der Waals surface area contributed by atoms with Crippen LogP contribution >= 0.6 is 0 Å². The summed E-state index contributed by atoms with van der Waals surface area (Å²) >= 11 is 0. The Kier molecular flexibility index (Phi) is 12.3. The molecule has 1 aromatic carbocycles. The maximum atomic E-state index is 12.0. The third-order valence-electron chi connectivity index (χ3n) is 3.00. The van der Waals surface area contributed by atoms with Gasteiger partial charge in [-0.15, -0.1) is 13.2 Å². The summed E-state index contributed by atoms with van der Waals surface area (Å²) in [6.45, 7) is 11.5. The van der Waals surface area contributed by atoms with Crippen molar-refractivity contribution in [2.75, 3.05) is 26.0 Å². The molecule has 0 aliphatic heterocycles. The van der Waals surface area contributed by atoms with Crippen LogP contribution in [0.3, 0.4) is 0 Å². The van der Waals surface area contributed by atoms with Gasteiger partial charge in [-0.25, -0.2) is 8.42 Å². The van der Waals surface area contributed by atoms with Crippen LogP contribution < -0.4 is 14.8 Å². The Hall–Kier alpha value is -2.61. The van der Waals surface area contributed by atoms with E-state index in [9.17, 15) is 13.2 Å². The highest BCUT2D eigenvalue weighted by Gasteiger charge is 2.10. The molecule has 2 N–H and O–H groups in total. The summed E-state index contributed by atoms with van der Waals surface area (Å²) in [5.41, 5.74) is 0.503. The summed E-state index contributed by atoms with van der Waals surface area (Å²) in [6, 6.07) is 6.71. The fourth-order valence-corrected chi connectivity index (χ4v) is 2.76. The van der Waals surface area contributed by atoms with E-state index in [4.69, 9.17) is 4.74 Å². The third-order valence-corrected chi connectivity index (χ3v) is 4.22. The first-order valence-corrected chi connectivity index (χ1v) is 10.2. The number of hydrogen-bond donors (Lipinski definition) is 2. The number of nitrogens with one attached hydrogen (secondary N) is 2. The number of carbonyl (C=O) groups excluding carboxylic acids is 1. The Labute approximate surface area is 162 Å². The number of amides is 1. The molecule has 0 unspecified atom stereocenters. The molecule has 0 fully saturated rings. The smallest absolute Gasteiger partial charge is 0.251 e. The minimum Gasteiger partial charge on any atom is -0.497 e. The first-order valence-electron chi connectivity index (χ1n) is 8.59. The van der Waals surface area contributed by atoms with Crippen molar-refractivity contribution in [2.24, 2.45) is 4.99 Å². The number of rotatable bonds is 10. The molecule has 0 aromatic heterocycles. The van der Waals surface area contributed by atoms with Gasteiger partial charge in [-0.1, -0.05) is 26.0 Å². The number of benzene rings is 1. The Bertz CT molecular complexity index is 726. The molecule has 0 spiro atoms. The van der Waals surface area contributed by atoms with Gasteiger partial charge in [-0.2, -0.15) is 0 Å². The van der Waals surface area contributed by atoms with Crippen molar-refractivity contribution in [1.29, 1.82) is 0 Å². The number of aliphatic imine (C=N–C) groups is 1. The summed E-state index contributed by atoms with van der Waals surface area (Å²) in [5, 5.41) is 2.72. The maximum absolute atomic E-state index is 12.0. The zero-order valence-corrected chi connectivity index (χ0v) is 17.0. The van der Waals surface area contributed by atoms with Gasteiger partial charge in [-0.05, 0) is 24.3 Å². The van der Waals surface area contributed by atoms with Gasteiger partial charge in [0.05, 0.1) is 19.4 Å². The van der Waals surface area contributed by atoms with Crippen molar-refractivity contribution in [3.8, 4) is 5.75 Å². The van der Waals surface area contributed by atoms with Gasteiger partial charge in [0.2, 0.25) is 10.0 Å². The molecule has 0 bridgehead atoms. The van der Waals surface area contributed by atoms with E-state index in [1.54, 1.807) is 37.5 Å². The molecule has 150 valence electrons. The second kappa shape index (κ2) is 13.6. The van der Waals surface area contributed by atoms with Crippen LogP contribution in [0, 0.1) is 0 Å². The molecule has 8 heteroatoms. The summed E-state index contributed by atoms with van der Waals surface area (Å²) < 4.78 is 30.8. The van der Waals surface area contributed by atoms with Crippen LogP contribution in [-0.2, 0) is 10.0 Å². The number of hydrogen-bond acceptors (Lipinski definition) is 5. The predicted octanol–water partition coefficient (Wildman–Crippen LogP) is 2.53. The average Bonchev–Trinajstić information content (AvgIpc) is 2.66. The lowest BCUT2D eigenvalue weighted by molar-refractivity contribution is 0.0954. The van der Waals surface area contributed by atoms with E-state index in [1.807, 2.05) is 13.8 Å².